The maximum Gasteiger partial charge on any atom is 0.348 e. The molecule has 2 aromatic heterocycles. The Bertz CT molecular complexity index is 1490. The minimum Gasteiger partial charge on any atom is -0.392 e. The van der Waals surface area contributed by atoms with Gasteiger partial charge in [-0.3, -0.25) is 9.97 Å². The molecule has 0 aliphatic heterocycles. The molecule has 0 saturated heterocycles. The summed E-state index contributed by atoms with van der Waals surface area (Å²) >= 11 is 0. The third-order valence-corrected chi connectivity index (χ3v) is 6.47. The molecule has 0 bridgehead atoms. The summed E-state index contributed by atoms with van der Waals surface area (Å²) in [6.45, 7) is -1.37. The van der Waals surface area contributed by atoms with E-state index in [9.17, 15) is 27.8 Å². The van der Waals surface area contributed by atoms with Crippen molar-refractivity contribution in [2.24, 2.45) is 0 Å². The van der Waals surface area contributed by atoms with Crippen LogP contribution in [0.3, 0.4) is 0 Å². The number of para-hydroxylation sites is 1. The van der Waals surface area contributed by atoms with Gasteiger partial charge in [-0.2, -0.15) is 5.10 Å². The lowest BCUT2D eigenvalue weighted by atomic mass is 10.0. The molecule has 4 rings (SSSR count). The van der Waals surface area contributed by atoms with Crippen molar-refractivity contribution in [3.8, 4) is 17.1 Å². The number of aromatic nitrogens is 5. The Balaban J connectivity index is 1.85. The van der Waals surface area contributed by atoms with Crippen LogP contribution >= 0.6 is 0 Å². The van der Waals surface area contributed by atoms with Crippen LogP contribution in [0.2, 0.25) is 0 Å². The summed E-state index contributed by atoms with van der Waals surface area (Å²) in [5, 5.41) is 25.9. The zero-order chi connectivity index (χ0) is 24.3. The van der Waals surface area contributed by atoms with Crippen molar-refractivity contribution < 1.29 is 23.0 Å². The standard InChI is InChI=1S/C21H19FN6O5S/c22-17-3-1-2-4-18(17)28-20(26-27-21(28)31)16-8-19(14(12-30)7-13(16)11-29)34(32,33)25-10-15-9-23-5-6-24-15/h1-9,25,29-30H,10-12H2,(H,27,31). The lowest BCUT2D eigenvalue weighted by molar-refractivity contribution is 0.273. The van der Waals surface area contributed by atoms with Gasteiger partial charge >= 0.3 is 5.69 Å². The second kappa shape index (κ2) is 9.61. The summed E-state index contributed by atoms with van der Waals surface area (Å²) in [6, 6.07) is 7.95. The topological polar surface area (TPSA) is 163 Å². The Labute approximate surface area is 192 Å². The summed E-state index contributed by atoms with van der Waals surface area (Å²) < 4.78 is 44.0. The first kappa shape index (κ1) is 23.4. The van der Waals surface area contributed by atoms with Crippen molar-refractivity contribution in [3.63, 3.8) is 0 Å². The zero-order valence-electron chi connectivity index (χ0n) is 17.5. The number of halogens is 1. The quantitative estimate of drug-likeness (QED) is 0.282. The van der Waals surface area contributed by atoms with Crippen molar-refractivity contribution in [2.45, 2.75) is 24.7 Å². The van der Waals surface area contributed by atoms with Crippen LogP contribution in [-0.4, -0.2) is 43.4 Å². The van der Waals surface area contributed by atoms with Gasteiger partial charge in [-0.1, -0.05) is 12.1 Å². The predicted molar refractivity (Wildman–Crippen MR) is 117 cm³/mol. The van der Waals surface area contributed by atoms with E-state index in [2.05, 4.69) is 24.9 Å². The summed E-state index contributed by atoms with van der Waals surface area (Å²) in [4.78, 5) is 20.0. The van der Waals surface area contributed by atoms with E-state index in [0.29, 0.717) is 5.69 Å². The van der Waals surface area contributed by atoms with E-state index in [1.165, 1.54) is 48.9 Å². The first-order valence-electron chi connectivity index (χ1n) is 9.90. The zero-order valence-corrected chi connectivity index (χ0v) is 18.3. The van der Waals surface area contributed by atoms with Gasteiger partial charge in [0.2, 0.25) is 10.0 Å². The highest BCUT2D eigenvalue weighted by atomic mass is 32.2. The molecule has 0 atom stereocenters. The van der Waals surface area contributed by atoms with Crippen molar-refractivity contribution in [3.05, 3.63) is 88.1 Å². The fraction of sp³-hybridized carbons (Fsp3) is 0.143. The molecule has 4 aromatic rings. The summed E-state index contributed by atoms with van der Waals surface area (Å²) in [5.74, 6) is -0.822. The van der Waals surface area contributed by atoms with E-state index in [1.54, 1.807) is 0 Å². The van der Waals surface area contributed by atoms with Crippen LogP contribution < -0.4 is 10.4 Å². The van der Waals surface area contributed by atoms with Gasteiger partial charge in [0.15, 0.2) is 5.82 Å². The third kappa shape index (κ3) is 4.49. The molecule has 0 aliphatic carbocycles. The molecule has 2 aromatic carbocycles. The van der Waals surface area contributed by atoms with Crippen LogP contribution in [-0.2, 0) is 29.8 Å². The molecule has 0 aliphatic rings. The van der Waals surface area contributed by atoms with Gasteiger partial charge in [0.25, 0.3) is 0 Å². The molecule has 4 N–H and O–H groups in total. The fourth-order valence-electron chi connectivity index (χ4n) is 3.39. The lowest BCUT2D eigenvalue weighted by Gasteiger charge is -2.16. The minimum absolute atomic E-state index is 0.00905. The number of nitrogens with one attached hydrogen (secondary N) is 2. The number of sulfonamides is 1. The Kier molecular flexibility index (Phi) is 6.61. The van der Waals surface area contributed by atoms with Crippen LogP contribution in [0.4, 0.5) is 4.39 Å². The number of hydrogen-bond acceptors (Lipinski definition) is 8. The number of rotatable bonds is 8. The lowest BCUT2D eigenvalue weighted by Crippen LogP contribution is -2.25. The molecule has 0 spiro atoms. The SMILES string of the molecule is O=c1[nH]nc(-c2cc(S(=O)(=O)NCc3cnccn3)c(CO)cc2CO)n1-c1ccccc1F. The minimum atomic E-state index is -4.19. The Morgan fingerprint density at radius 3 is 2.53 bits per heavy atom. The second-order valence-corrected chi connectivity index (χ2v) is 8.83. The van der Waals surface area contributed by atoms with E-state index in [1.807, 2.05) is 0 Å². The molecular weight excluding hydrogens is 467 g/mol. The molecule has 0 unspecified atom stereocenters. The highest BCUT2D eigenvalue weighted by Gasteiger charge is 2.25. The number of benzene rings is 2. The first-order valence-corrected chi connectivity index (χ1v) is 11.4. The number of aliphatic hydroxyl groups excluding tert-OH is 2. The van der Waals surface area contributed by atoms with Crippen molar-refractivity contribution in [1.29, 1.82) is 0 Å². The molecular formula is C21H19FN6O5S. The molecule has 0 amide bonds. The predicted octanol–water partition coefficient (Wildman–Crippen LogP) is 0.620. The number of aliphatic hydroxyl groups is 2. The highest BCUT2D eigenvalue weighted by molar-refractivity contribution is 7.89. The fourth-order valence-corrected chi connectivity index (χ4v) is 4.63. The van der Waals surface area contributed by atoms with Crippen LogP contribution in [0.25, 0.3) is 17.1 Å². The number of nitrogens with zero attached hydrogens (tertiary/aromatic N) is 4. The Hall–Kier alpha value is -3.78. The maximum atomic E-state index is 14.5. The second-order valence-electron chi connectivity index (χ2n) is 7.09. The van der Waals surface area contributed by atoms with Crippen molar-refractivity contribution in [1.82, 2.24) is 29.5 Å². The van der Waals surface area contributed by atoms with E-state index in [0.717, 1.165) is 10.6 Å². The summed E-state index contributed by atoms with van der Waals surface area (Å²) in [5.41, 5.74) is -0.272. The van der Waals surface area contributed by atoms with Crippen LogP contribution in [0, 0.1) is 5.82 Å². The van der Waals surface area contributed by atoms with Crippen molar-refractivity contribution >= 4 is 10.0 Å². The van der Waals surface area contributed by atoms with Crippen LogP contribution in [0.1, 0.15) is 16.8 Å². The summed E-state index contributed by atoms with van der Waals surface area (Å²) in [7, 11) is -4.19. The molecule has 0 fully saturated rings. The van der Waals surface area contributed by atoms with Gasteiger partial charge < -0.3 is 10.2 Å². The molecule has 34 heavy (non-hydrogen) atoms. The van der Waals surface area contributed by atoms with Crippen molar-refractivity contribution in [2.75, 3.05) is 0 Å². The van der Waals surface area contributed by atoms with E-state index in [4.69, 9.17) is 0 Å². The normalized spacial score (nSPS) is 11.6. The molecule has 0 radical (unpaired) electrons. The van der Waals surface area contributed by atoms with Crippen LogP contribution in [0.5, 0.6) is 0 Å². The van der Waals surface area contributed by atoms with E-state index >= 15 is 0 Å². The average molecular weight is 486 g/mol. The smallest absolute Gasteiger partial charge is 0.348 e. The highest BCUT2D eigenvalue weighted by Crippen LogP contribution is 2.30. The monoisotopic (exact) mass is 486 g/mol. The van der Waals surface area contributed by atoms with Gasteiger partial charge in [-0.05, 0) is 35.4 Å². The number of H-pyrrole nitrogens is 1. The van der Waals surface area contributed by atoms with Crippen LogP contribution in [0.15, 0.2) is 64.7 Å². The number of hydrogen-bond donors (Lipinski definition) is 4. The average Bonchev–Trinajstić information content (AvgIpc) is 3.23. The van der Waals surface area contributed by atoms with Gasteiger partial charge in [0.1, 0.15) is 5.82 Å². The number of aromatic amines is 1. The Morgan fingerprint density at radius 1 is 1.09 bits per heavy atom. The molecule has 176 valence electrons. The van der Waals surface area contributed by atoms with E-state index in [-0.39, 0.29) is 39.6 Å². The van der Waals surface area contributed by atoms with Gasteiger partial charge in [0.05, 0.1) is 36.0 Å². The third-order valence-electron chi connectivity index (χ3n) is 4.98. The molecule has 2 heterocycles. The Morgan fingerprint density at radius 2 is 1.85 bits per heavy atom. The van der Waals surface area contributed by atoms with Gasteiger partial charge in [-0.15, -0.1) is 0 Å². The molecule has 11 nitrogen and oxygen atoms in total. The largest absolute Gasteiger partial charge is 0.392 e. The van der Waals surface area contributed by atoms with E-state index < -0.39 is 34.7 Å². The van der Waals surface area contributed by atoms with Gasteiger partial charge in [-0.25, -0.2) is 32.0 Å². The summed E-state index contributed by atoms with van der Waals surface area (Å²) in [6.07, 6.45) is 4.25. The first-order chi connectivity index (χ1) is 16.4. The maximum absolute atomic E-state index is 14.5. The van der Waals surface area contributed by atoms with Gasteiger partial charge in [0, 0.05) is 24.2 Å². The molecule has 13 heteroatoms. The molecule has 0 saturated carbocycles.